The summed E-state index contributed by atoms with van der Waals surface area (Å²) in [6.45, 7) is 1.77. The van der Waals surface area contributed by atoms with E-state index in [1.165, 1.54) is 6.08 Å². The highest BCUT2D eigenvalue weighted by Crippen LogP contribution is 2.32. The summed E-state index contributed by atoms with van der Waals surface area (Å²) in [6.07, 6.45) is 5.36. The minimum atomic E-state index is -0.833. The number of carbonyl (C=O) groups is 2. The maximum absolute atomic E-state index is 11.4. The van der Waals surface area contributed by atoms with Crippen LogP contribution in [0.4, 0.5) is 0 Å². The van der Waals surface area contributed by atoms with Gasteiger partial charge in [-0.25, -0.2) is 0 Å². The topological polar surface area (TPSA) is 54.4 Å². The Labute approximate surface area is 77.4 Å². The van der Waals surface area contributed by atoms with Gasteiger partial charge in [-0.2, -0.15) is 0 Å². The number of aliphatic carboxylic acids is 1. The van der Waals surface area contributed by atoms with Crippen molar-refractivity contribution in [2.24, 2.45) is 11.8 Å². The van der Waals surface area contributed by atoms with Crippen LogP contribution in [-0.4, -0.2) is 16.9 Å². The molecule has 0 aliphatic heterocycles. The standard InChI is InChI=1S/C10H14O3/c1-2-4-9(11)7-5-3-6-8(7)10(12)13/h2,4,7-8H,3,5-6H2,1H3,(H,12,13). The molecule has 0 spiro atoms. The normalized spacial score (nSPS) is 28.1. The summed E-state index contributed by atoms with van der Waals surface area (Å²) in [5.41, 5.74) is 0. The molecule has 0 heterocycles. The molecule has 1 aliphatic rings. The second kappa shape index (κ2) is 4.21. The molecule has 0 bridgehead atoms. The van der Waals surface area contributed by atoms with E-state index in [2.05, 4.69) is 0 Å². The number of carbonyl (C=O) groups excluding carboxylic acids is 1. The summed E-state index contributed by atoms with van der Waals surface area (Å²) in [6, 6.07) is 0. The smallest absolute Gasteiger partial charge is 0.307 e. The van der Waals surface area contributed by atoms with Crippen LogP contribution in [0.1, 0.15) is 26.2 Å². The van der Waals surface area contributed by atoms with Gasteiger partial charge in [-0.1, -0.05) is 12.5 Å². The molecule has 1 N–H and O–H groups in total. The van der Waals surface area contributed by atoms with Crippen molar-refractivity contribution < 1.29 is 14.7 Å². The fourth-order valence-corrected chi connectivity index (χ4v) is 1.88. The van der Waals surface area contributed by atoms with Crippen LogP contribution in [0.25, 0.3) is 0 Å². The first kappa shape index (κ1) is 9.96. The molecule has 2 unspecified atom stereocenters. The lowest BCUT2D eigenvalue weighted by Gasteiger charge is -2.11. The van der Waals surface area contributed by atoms with Crippen LogP contribution >= 0.6 is 0 Å². The molecule has 3 heteroatoms. The molecule has 72 valence electrons. The number of allylic oxidation sites excluding steroid dienone is 2. The van der Waals surface area contributed by atoms with Gasteiger partial charge in [0.25, 0.3) is 0 Å². The minimum absolute atomic E-state index is 0.0348. The first-order chi connectivity index (χ1) is 6.16. The highest BCUT2D eigenvalue weighted by Gasteiger charge is 2.36. The van der Waals surface area contributed by atoms with Gasteiger partial charge in [0, 0.05) is 5.92 Å². The minimum Gasteiger partial charge on any atom is -0.481 e. The van der Waals surface area contributed by atoms with Crippen molar-refractivity contribution in [1.82, 2.24) is 0 Å². The van der Waals surface area contributed by atoms with Crippen LogP contribution in [-0.2, 0) is 9.59 Å². The molecule has 13 heavy (non-hydrogen) atoms. The Morgan fingerprint density at radius 2 is 1.92 bits per heavy atom. The molecule has 0 radical (unpaired) electrons. The van der Waals surface area contributed by atoms with Crippen molar-refractivity contribution in [2.75, 3.05) is 0 Å². The summed E-state index contributed by atoms with van der Waals surface area (Å²) in [5.74, 6) is -1.61. The number of hydrogen-bond acceptors (Lipinski definition) is 2. The quantitative estimate of drug-likeness (QED) is 0.675. The molecule has 0 aromatic rings. The summed E-state index contributed by atoms with van der Waals surface area (Å²) in [4.78, 5) is 22.2. The number of ketones is 1. The highest BCUT2D eigenvalue weighted by atomic mass is 16.4. The zero-order valence-electron chi connectivity index (χ0n) is 7.69. The molecule has 0 aromatic carbocycles. The van der Waals surface area contributed by atoms with Crippen molar-refractivity contribution in [2.45, 2.75) is 26.2 Å². The maximum Gasteiger partial charge on any atom is 0.307 e. The summed E-state index contributed by atoms with van der Waals surface area (Å²) in [7, 11) is 0. The molecule has 2 atom stereocenters. The fourth-order valence-electron chi connectivity index (χ4n) is 1.88. The van der Waals surface area contributed by atoms with E-state index in [9.17, 15) is 9.59 Å². The Bertz CT molecular complexity index is 243. The van der Waals surface area contributed by atoms with E-state index in [1.807, 2.05) is 0 Å². The second-order valence-electron chi connectivity index (χ2n) is 3.38. The molecular formula is C10H14O3. The van der Waals surface area contributed by atoms with Crippen LogP contribution in [0, 0.1) is 11.8 Å². The lowest BCUT2D eigenvalue weighted by molar-refractivity contribution is -0.144. The molecule has 3 nitrogen and oxygen atoms in total. The number of carboxylic acids is 1. The Kier molecular flexibility index (Phi) is 3.23. The zero-order chi connectivity index (χ0) is 9.84. The van der Waals surface area contributed by atoms with Crippen molar-refractivity contribution in [3.05, 3.63) is 12.2 Å². The summed E-state index contributed by atoms with van der Waals surface area (Å²) < 4.78 is 0. The molecule has 0 saturated heterocycles. The number of carboxylic acid groups (broad SMARTS) is 1. The SMILES string of the molecule is CC=CC(=O)C1CCCC1C(=O)O. The van der Waals surface area contributed by atoms with E-state index in [0.717, 1.165) is 12.8 Å². The molecule has 1 fully saturated rings. The Hall–Kier alpha value is -1.12. The average Bonchev–Trinajstić information content (AvgIpc) is 2.52. The maximum atomic E-state index is 11.4. The zero-order valence-corrected chi connectivity index (χ0v) is 7.69. The van der Waals surface area contributed by atoms with Crippen LogP contribution < -0.4 is 0 Å². The van der Waals surface area contributed by atoms with Crippen LogP contribution in [0.5, 0.6) is 0 Å². The Morgan fingerprint density at radius 1 is 1.31 bits per heavy atom. The van der Waals surface area contributed by atoms with Crippen molar-refractivity contribution in [3.63, 3.8) is 0 Å². The first-order valence-electron chi connectivity index (χ1n) is 4.56. The second-order valence-corrected chi connectivity index (χ2v) is 3.38. The van der Waals surface area contributed by atoms with Gasteiger partial charge in [0.2, 0.25) is 0 Å². The van der Waals surface area contributed by atoms with E-state index in [0.29, 0.717) is 6.42 Å². The van der Waals surface area contributed by atoms with E-state index >= 15 is 0 Å². The predicted octanol–water partition coefficient (Wildman–Crippen LogP) is 1.63. The first-order valence-corrected chi connectivity index (χ1v) is 4.56. The third-order valence-corrected chi connectivity index (χ3v) is 2.53. The van der Waals surface area contributed by atoms with E-state index in [-0.39, 0.29) is 11.7 Å². The molecule has 1 saturated carbocycles. The predicted molar refractivity (Wildman–Crippen MR) is 48.3 cm³/mol. The van der Waals surface area contributed by atoms with Gasteiger partial charge >= 0.3 is 5.97 Å². The summed E-state index contributed by atoms with van der Waals surface area (Å²) >= 11 is 0. The van der Waals surface area contributed by atoms with Crippen LogP contribution in [0.2, 0.25) is 0 Å². The van der Waals surface area contributed by atoms with Crippen LogP contribution in [0.3, 0.4) is 0 Å². The molecule has 0 aromatic heterocycles. The number of rotatable bonds is 3. The van der Waals surface area contributed by atoms with Gasteiger partial charge in [0.15, 0.2) is 5.78 Å². The molecule has 1 rings (SSSR count). The third-order valence-electron chi connectivity index (χ3n) is 2.53. The largest absolute Gasteiger partial charge is 0.481 e. The number of hydrogen-bond donors (Lipinski definition) is 1. The Balaban J connectivity index is 2.68. The fraction of sp³-hybridized carbons (Fsp3) is 0.600. The van der Waals surface area contributed by atoms with Gasteiger partial charge in [-0.05, 0) is 25.8 Å². The van der Waals surface area contributed by atoms with Gasteiger partial charge in [0.05, 0.1) is 5.92 Å². The monoisotopic (exact) mass is 182 g/mol. The van der Waals surface area contributed by atoms with Crippen LogP contribution in [0.15, 0.2) is 12.2 Å². The van der Waals surface area contributed by atoms with E-state index in [4.69, 9.17) is 5.11 Å². The lowest BCUT2D eigenvalue weighted by Crippen LogP contribution is -2.23. The average molecular weight is 182 g/mol. The van der Waals surface area contributed by atoms with Gasteiger partial charge < -0.3 is 5.11 Å². The lowest BCUT2D eigenvalue weighted by atomic mass is 9.92. The third kappa shape index (κ3) is 2.17. The van der Waals surface area contributed by atoms with Gasteiger partial charge in [-0.3, -0.25) is 9.59 Å². The van der Waals surface area contributed by atoms with Crippen molar-refractivity contribution in [3.8, 4) is 0 Å². The van der Waals surface area contributed by atoms with E-state index in [1.54, 1.807) is 13.0 Å². The van der Waals surface area contributed by atoms with Crippen molar-refractivity contribution >= 4 is 11.8 Å². The molecular weight excluding hydrogens is 168 g/mol. The molecule has 0 amide bonds. The molecule has 1 aliphatic carbocycles. The summed E-state index contributed by atoms with van der Waals surface area (Å²) in [5, 5.41) is 8.82. The van der Waals surface area contributed by atoms with Gasteiger partial charge in [-0.15, -0.1) is 0 Å². The van der Waals surface area contributed by atoms with Crippen molar-refractivity contribution in [1.29, 1.82) is 0 Å². The van der Waals surface area contributed by atoms with Gasteiger partial charge in [0.1, 0.15) is 0 Å². The van der Waals surface area contributed by atoms with E-state index < -0.39 is 11.9 Å². The highest BCUT2D eigenvalue weighted by molar-refractivity contribution is 5.94. The Morgan fingerprint density at radius 3 is 2.46 bits per heavy atom.